The standard InChI is InChI=1S/C16H18N6O2/c1-10-15(11(2)21(3)19-10)18-14(23)9-17-16(24)13-8-12-6-4-5-7-22(12)20-13/h4-8H,9H2,1-3H3,(H,17,24)(H,18,23). The van der Waals surface area contributed by atoms with Crippen molar-refractivity contribution in [2.24, 2.45) is 7.05 Å². The van der Waals surface area contributed by atoms with Gasteiger partial charge < -0.3 is 10.6 Å². The second-order valence-electron chi connectivity index (χ2n) is 5.50. The summed E-state index contributed by atoms with van der Waals surface area (Å²) in [6.07, 6.45) is 1.76. The molecule has 0 radical (unpaired) electrons. The van der Waals surface area contributed by atoms with Crippen molar-refractivity contribution in [3.63, 3.8) is 0 Å². The number of anilines is 1. The Hall–Kier alpha value is -3.16. The van der Waals surface area contributed by atoms with Crippen molar-refractivity contribution in [1.29, 1.82) is 0 Å². The lowest BCUT2D eigenvalue weighted by molar-refractivity contribution is -0.115. The molecule has 0 unspecified atom stereocenters. The van der Waals surface area contributed by atoms with E-state index in [2.05, 4.69) is 20.8 Å². The van der Waals surface area contributed by atoms with Crippen LogP contribution < -0.4 is 10.6 Å². The van der Waals surface area contributed by atoms with Crippen LogP contribution >= 0.6 is 0 Å². The quantitative estimate of drug-likeness (QED) is 0.749. The van der Waals surface area contributed by atoms with Gasteiger partial charge in [0.25, 0.3) is 5.91 Å². The molecule has 0 aliphatic heterocycles. The normalized spacial score (nSPS) is 10.8. The highest BCUT2D eigenvalue weighted by molar-refractivity contribution is 5.99. The Kier molecular flexibility index (Phi) is 4.03. The first kappa shape index (κ1) is 15.7. The maximum atomic E-state index is 12.1. The zero-order chi connectivity index (χ0) is 17.3. The Labute approximate surface area is 138 Å². The first-order chi connectivity index (χ1) is 11.5. The number of carbonyl (C=O) groups is 2. The van der Waals surface area contributed by atoms with E-state index in [1.807, 2.05) is 39.1 Å². The van der Waals surface area contributed by atoms with Gasteiger partial charge in [-0.1, -0.05) is 6.07 Å². The first-order valence-corrected chi connectivity index (χ1v) is 7.48. The van der Waals surface area contributed by atoms with E-state index in [0.29, 0.717) is 5.69 Å². The number of rotatable bonds is 4. The summed E-state index contributed by atoms with van der Waals surface area (Å²) in [6.45, 7) is 3.54. The van der Waals surface area contributed by atoms with Crippen molar-refractivity contribution in [3.8, 4) is 0 Å². The number of aryl methyl sites for hydroxylation is 2. The van der Waals surface area contributed by atoms with Crippen LogP contribution in [0.3, 0.4) is 0 Å². The molecule has 24 heavy (non-hydrogen) atoms. The zero-order valence-electron chi connectivity index (χ0n) is 13.7. The summed E-state index contributed by atoms with van der Waals surface area (Å²) in [5.41, 5.74) is 3.34. The summed E-state index contributed by atoms with van der Waals surface area (Å²) in [6, 6.07) is 7.21. The monoisotopic (exact) mass is 326 g/mol. The summed E-state index contributed by atoms with van der Waals surface area (Å²) in [7, 11) is 1.81. The van der Waals surface area contributed by atoms with Gasteiger partial charge >= 0.3 is 0 Å². The highest BCUT2D eigenvalue weighted by Crippen LogP contribution is 2.17. The third-order valence-corrected chi connectivity index (χ3v) is 3.79. The van der Waals surface area contributed by atoms with Crippen molar-refractivity contribution in [2.45, 2.75) is 13.8 Å². The van der Waals surface area contributed by atoms with Crippen LogP contribution in [0.2, 0.25) is 0 Å². The Morgan fingerprint density at radius 2 is 2.00 bits per heavy atom. The minimum atomic E-state index is -0.395. The maximum absolute atomic E-state index is 12.1. The van der Waals surface area contributed by atoms with Crippen LogP contribution in [0.4, 0.5) is 5.69 Å². The van der Waals surface area contributed by atoms with E-state index in [1.54, 1.807) is 21.5 Å². The summed E-state index contributed by atoms with van der Waals surface area (Å²) >= 11 is 0. The maximum Gasteiger partial charge on any atom is 0.272 e. The molecule has 2 amide bonds. The Bertz CT molecular complexity index is 891. The number of amides is 2. The highest BCUT2D eigenvalue weighted by Gasteiger charge is 2.15. The SMILES string of the molecule is Cc1nn(C)c(C)c1NC(=O)CNC(=O)c1cc2ccccn2n1. The molecule has 8 nitrogen and oxygen atoms in total. The van der Waals surface area contributed by atoms with E-state index < -0.39 is 5.91 Å². The van der Waals surface area contributed by atoms with Crippen LogP contribution in [0.25, 0.3) is 5.52 Å². The third-order valence-electron chi connectivity index (χ3n) is 3.79. The third kappa shape index (κ3) is 2.98. The van der Waals surface area contributed by atoms with Crippen LogP contribution in [0, 0.1) is 13.8 Å². The number of nitrogens with one attached hydrogen (secondary N) is 2. The van der Waals surface area contributed by atoms with E-state index in [1.165, 1.54) is 0 Å². The van der Waals surface area contributed by atoms with E-state index in [0.717, 1.165) is 16.9 Å². The molecular weight excluding hydrogens is 308 g/mol. The molecule has 0 fully saturated rings. The first-order valence-electron chi connectivity index (χ1n) is 7.48. The summed E-state index contributed by atoms with van der Waals surface area (Å²) in [5.74, 6) is -0.709. The van der Waals surface area contributed by atoms with Gasteiger partial charge in [0.2, 0.25) is 5.91 Å². The van der Waals surface area contributed by atoms with Crippen molar-refractivity contribution >= 4 is 23.0 Å². The summed E-state index contributed by atoms with van der Waals surface area (Å²) in [5, 5.41) is 13.7. The number of nitrogens with zero attached hydrogens (tertiary/aromatic N) is 4. The topological polar surface area (TPSA) is 93.3 Å². The number of aromatic nitrogens is 4. The average molecular weight is 326 g/mol. The average Bonchev–Trinajstić information content (AvgIpc) is 3.09. The smallest absolute Gasteiger partial charge is 0.272 e. The fourth-order valence-corrected chi connectivity index (χ4v) is 2.44. The fraction of sp³-hybridized carbons (Fsp3) is 0.250. The molecule has 3 aromatic heterocycles. The van der Waals surface area contributed by atoms with E-state index in [4.69, 9.17) is 0 Å². The van der Waals surface area contributed by atoms with Crippen LogP contribution in [-0.4, -0.2) is 37.8 Å². The minimum Gasteiger partial charge on any atom is -0.342 e. The van der Waals surface area contributed by atoms with Gasteiger partial charge in [-0.15, -0.1) is 0 Å². The molecule has 3 heterocycles. The molecule has 8 heteroatoms. The largest absolute Gasteiger partial charge is 0.342 e. The second kappa shape index (κ2) is 6.15. The Balaban J connectivity index is 1.62. The lowest BCUT2D eigenvalue weighted by Gasteiger charge is -2.06. The molecule has 0 saturated heterocycles. The number of fused-ring (bicyclic) bond motifs is 1. The van der Waals surface area contributed by atoms with Gasteiger partial charge in [-0.05, 0) is 32.0 Å². The van der Waals surface area contributed by atoms with Crippen LogP contribution in [0.1, 0.15) is 21.9 Å². The van der Waals surface area contributed by atoms with Crippen LogP contribution in [0.5, 0.6) is 0 Å². The summed E-state index contributed by atoms with van der Waals surface area (Å²) < 4.78 is 3.30. The molecule has 2 N–H and O–H groups in total. The molecule has 0 bridgehead atoms. The van der Waals surface area contributed by atoms with Crippen molar-refractivity contribution in [2.75, 3.05) is 11.9 Å². The number of pyridine rings is 1. The van der Waals surface area contributed by atoms with Crippen molar-refractivity contribution < 1.29 is 9.59 Å². The molecule has 0 aromatic carbocycles. The molecule has 0 aliphatic rings. The van der Waals surface area contributed by atoms with Gasteiger partial charge in [-0.3, -0.25) is 14.3 Å². The highest BCUT2D eigenvalue weighted by atomic mass is 16.2. The molecule has 0 atom stereocenters. The van der Waals surface area contributed by atoms with Gasteiger partial charge in [0.05, 0.1) is 29.1 Å². The lowest BCUT2D eigenvalue weighted by Crippen LogP contribution is -2.33. The van der Waals surface area contributed by atoms with E-state index >= 15 is 0 Å². The molecule has 0 aliphatic carbocycles. The Morgan fingerprint density at radius 1 is 1.21 bits per heavy atom. The van der Waals surface area contributed by atoms with Crippen LogP contribution in [-0.2, 0) is 11.8 Å². The van der Waals surface area contributed by atoms with Gasteiger partial charge in [-0.25, -0.2) is 4.52 Å². The predicted molar refractivity (Wildman–Crippen MR) is 88.8 cm³/mol. The van der Waals surface area contributed by atoms with Gasteiger partial charge in [0, 0.05) is 13.2 Å². The van der Waals surface area contributed by atoms with Gasteiger partial charge in [-0.2, -0.15) is 10.2 Å². The minimum absolute atomic E-state index is 0.138. The molecular formula is C16H18N6O2. The lowest BCUT2D eigenvalue weighted by atomic mass is 10.3. The number of hydrogen-bond donors (Lipinski definition) is 2. The van der Waals surface area contributed by atoms with E-state index in [9.17, 15) is 9.59 Å². The van der Waals surface area contributed by atoms with Crippen molar-refractivity contribution in [1.82, 2.24) is 24.7 Å². The molecule has 3 rings (SSSR count). The second-order valence-corrected chi connectivity index (χ2v) is 5.50. The van der Waals surface area contributed by atoms with E-state index in [-0.39, 0.29) is 18.1 Å². The summed E-state index contributed by atoms with van der Waals surface area (Å²) in [4.78, 5) is 24.2. The molecule has 124 valence electrons. The molecule has 0 spiro atoms. The number of hydrogen-bond acceptors (Lipinski definition) is 4. The van der Waals surface area contributed by atoms with Gasteiger partial charge in [0.15, 0.2) is 5.69 Å². The number of carbonyl (C=O) groups excluding carboxylic acids is 2. The zero-order valence-corrected chi connectivity index (χ0v) is 13.7. The van der Waals surface area contributed by atoms with Crippen LogP contribution in [0.15, 0.2) is 30.5 Å². The van der Waals surface area contributed by atoms with Crippen molar-refractivity contribution in [3.05, 3.63) is 47.5 Å². The predicted octanol–water partition coefficient (Wildman–Crippen LogP) is 1.05. The molecule has 0 saturated carbocycles. The molecule has 3 aromatic rings. The fourth-order valence-electron chi connectivity index (χ4n) is 2.44. The van der Waals surface area contributed by atoms with Gasteiger partial charge in [0.1, 0.15) is 0 Å². The Morgan fingerprint density at radius 3 is 2.67 bits per heavy atom.